The standard InChI is InChI=1S/C20H25Cl2NO4/c1-2-27-20(25)19(16-7-4-14(21)11-17(16)22)23(15-5-6-15)18(24)8-3-13-9-10-26-12-13/h4,7,11,13,15,19H,2-3,5-6,8-10,12H2,1H3/t13-,19+/m1/s1. The molecule has 1 aromatic rings. The van der Waals surface area contributed by atoms with Gasteiger partial charge in [0.2, 0.25) is 5.91 Å². The number of rotatable bonds is 8. The second-order valence-corrected chi connectivity index (χ2v) is 7.96. The topological polar surface area (TPSA) is 55.8 Å². The third kappa shape index (κ3) is 5.15. The number of esters is 1. The van der Waals surface area contributed by atoms with Crippen LogP contribution in [-0.4, -0.2) is 42.6 Å². The first-order valence-electron chi connectivity index (χ1n) is 9.51. The Balaban J connectivity index is 1.84. The van der Waals surface area contributed by atoms with E-state index in [0.717, 1.165) is 32.3 Å². The average molecular weight is 414 g/mol. The number of ether oxygens (including phenoxy) is 2. The third-order valence-corrected chi connectivity index (χ3v) is 5.63. The molecule has 1 aliphatic carbocycles. The summed E-state index contributed by atoms with van der Waals surface area (Å²) in [7, 11) is 0. The summed E-state index contributed by atoms with van der Waals surface area (Å²) in [5, 5.41) is 0.847. The fraction of sp³-hybridized carbons (Fsp3) is 0.600. The summed E-state index contributed by atoms with van der Waals surface area (Å²) in [6, 6.07) is 4.20. The monoisotopic (exact) mass is 413 g/mol. The van der Waals surface area contributed by atoms with Crippen LogP contribution in [0.15, 0.2) is 18.2 Å². The number of halogens is 2. The Hall–Kier alpha value is -1.30. The number of nitrogens with zero attached hydrogens (tertiary/aromatic N) is 1. The number of hydrogen-bond acceptors (Lipinski definition) is 4. The van der Waals surface area contributed by atoms with Crippen LogP contribution in [0.2, 0.25) is 10.0 Å². The van der Waals surface area contributed by atoms with Crippen LogP contribution in [0, 0.1) is 5.92 Å². The number of carbonyl (C=O) groups excluding carboxylic acids is 2. The lowest BCUT2D eigenvalue weighted by atomic mass is 10.0. The van der Waals surface area contributed by atoms with Gasteiger partial charge in [0.25, 0.3) is 0 Å². The van der Waals surface area contributed by atoms with Gasteiger partial charge in [0.05, 0.1) is 6.61 Å². The second-order valence-electron chi connectivity index (χ2n) is 7.12. The van der Waals surface area contributed by atoms with Gasteiger partial charge in [-0.25, -0.2) is 4.79 Å². The van der Waals surface area contributed by atoms with E-state index in [1.807, 2.05) is 0 Å². The smallest absolute Gasteiger partial charge is 0.333 e. The molecule has 0 spiro atoms. The largest absolute Gasteiger partial charge is 0.464 e. The number of amides is 1. The van der Waals surface area contributed by atoms with Crippen LogP contribution in [0.5, 0.6) is 0 Å². The van der Waals surface area contributed by atoms with Gasteiger partial charge in [0.1, 0.15) is 0 Å². The molecule has 27 heavy (non-hydrogen) atoms. The van der Waals surface area contributed by atoms with Crippen LogP contribution in [0.3, 0.4) is 0 Å². The van der Waals surface area contributed by atoms with Gasteiger partial charge in [-0.3, -0.25) is 4.79 Å². The molecular formula is C20H25Cl2NO4. The van der Waals surface area contributed by atoms with Crippen LogP contribution in [0.25, 0.3) is 0 Å². The summed E-state index contributed by atoms with van der Waals surface area (Å²) in [5.74, 6) is -0.0743. The summed E-state index contributed by atoms with van der Waals surface area (Å²) >= 11 is 12.4. The minimum atomic E-state index is -0.838. The quantitative estimate of drug-likeness (QED) is 0.592. The Morgan fingerprint density at radius 2 is 2.07 bits per heavy atom. The maximum Gasteiger partial charge on any atom is 0.333 e. The van der Waals surface area contributed by atoms with Crippen molar-refractivity contribution in [3.05, 3.63) is 33.8 Å². The van der Waals surface area contributed by atoms with E-state index >= 15 is 0 Å². The molecule has 3 rings (SSSR count). The zero-order valence-electron chi connectivity index (χ0n) is 15.5. The van der Waals surface area contributed by atoms with Gasteiger partial charge in [-0.1, -0.05) is 29.3 Å². The lowest BCUT2D eigenvalue weighted by molar-refractivity contribution is -0.156. The molecule has 0 bridgehead atoms. The Morgan fingerprint density at radius 1 is 1.30 bits per heavy atom. The second kappa shape index (κ2) is 9.26. The molecule has 0 radical (unpaired) electrons. The molecule has 1 saturated carbocycles. The van der Waals surface area contributed by atoms with Crippen molar-refractivity contribution in [1.29, 1.82) is 0 Å². The van der Waals surface area contributed by atoms with Crippen molar-refractivity contribution in [2.75, 3.05) is 19.8 Å². The maximum absolute atomic E-state index is 13.1. The lowest BCUT2D eigenvalue weighted by Crippen LogP contribution is -2.41. The fourth-order valence-electron chi connectivity index (χ4n) is 3.51. The van der Waals surface area contributed by atoms with E-state index in [1.54, 1.807) is 30.0 Å². The number of benzene rings is 1. The van der Waals surface area contributed by atoms with E-state index < -0.39 is 12.0 Å². The highest BCUT2D eigenvalue weighted by Crippen LogP contribution is 2.39. The van der Waals surface area contributed by atoms with Crippen molar-refractivity contribution in [3.63, 3.8) is 0 Å². The van der Waals surface area contributed by atoms with E-state index in [4.69, 9.17) is 32.7 Å². The van der Waals surface area contributed by atoms with Gasteiger partial charge >= 0.3 is 5.97 Å². The molecular weight excluding hydrogens is 389 g/mol. The van der Waals surface area contributed by atoms with E-state index in [-0.39, 0.29) is 18.6 Å². The summed E-state index contributed by atoms with van der Waals surface area (Å²) in [5.41, 5.74) is 0.559. The minimum absolute atomic E-state index is 0.0338. The fourth-order valence-corrected chi connectivity index (χ4v) is 4.03. The zero-order chi connectivity index (χ0) is 19.4. The maximum atomic E-state index is 13.1. The van der Waals surface area contributed by atoms with Crippen LogP contribution in [0.4, 0.5) is 0 Å². The molecule has 5 nitrogen and oxygen atoms in total. The Bertz CT molecular complexity index is 687. The van der Waals surface area contributed by atoms with Crippen LogP contribution >= 0.6 is 23.2 Å². The predicted octanol–water partition coefficient (Wildman–Crippen LogP) is 4.41. The van der Waals surface area contributed by atoms with Crippen molar-refractivity contribution < 1.29 is 19.1 Å². The Morgan fingerprint density at radius 3 is 2.67 bits per heavy atom. The molecule has 2 atom stereocenters. The van der Waals surface area contributed by atoms with E-state index in [9.17, 15) is 9.59 Å². The highest BCUT2D eigenvalue weighted by molar-refractivity contribution is 6.35. The number of carbonyl (C=O) groups is 2. The van der Waals surface area contributed by atoms with Crippen molar-refractivity contribution in [2.24, 2.45) is 5.92 Å². The minimum Gasteiger partial charge on any atom is -0.464 e. The summed E-state index contributed by atoms with van der Waals surface area (Å²) < 4.78 is 10.7. The molecule has 1 saturated heterocycles. The molecule has 7 heteroatoms. The Labute approximate surface area is 169 Å². The Kier molecular flexibility index (Phi) is 7.01. The number of hydrogen-bond donors (Lipinski definition) is 0. The normalized spacial score (nSPS) is 20.3. The van der Waals surface area contributed by atoms with E-state index in [0.29, 0.717) is 34.6 Å². The van der Waals surface area contributed by atoms with Crippen LogP contribution < -0.4 is 0 Å². The summed E-state index contributed by atoms with van der Waals surface area (Å²) in [4.78, 5) is 27.6. The SMILES string of the molecule is CCOC(=O)[C@H](c1ccc(Cl)cc1Cl)N(C(=O)CC[C@@H]1CCOC1)C1CC1. The average Bonchev–Trinajstić information content (AvgIpc) is 3.32. The predicted molar refractivity (Wildman–Crippen MR) is 104 cm³/mol. The molecule has 1 aliphatic heterocycles. The third-order valence-electron chi connectivity index (χ3n) is 5.06. The first-order valence-corrected chi connectivity index (χ1v) is 10.3. The van der Waals surface area contributed by atoms with Crippen molar-refractivity contribution >= 4 is 35.1 Å². The molecule has 2 aliphatic rings. The van der Waals surface area contributed by atoms with Gasteiger partial charge in [0.15, 0.2) is 6.04 Å². The molecule has 0 aromatic heterocycles. The lowest BCUT2D eigenvalue weighted by Gasteiger charge is -2.31. The first kappa shape index (κ1) is 20.4. The molecule has 0 N–H and O–H groups in total. The molecule has 0 unspecified atom stereocenters. The molecule has 1 amide bonds. The molecule has 2 fully saturated rings. The van der Waals surface area contributed by atoms with Crippen molar-refractivity contribution in [1.82, 2.24) is 4.90 Å². The zero-order valence-corrected chi connectivity index (χ0v) is 17.0. The van der Waals surface area contributed by atoms with E-state index in [1.165, 1.54) is 0 Å². The summed E-state index contributed by atoms with van der Waals surface area (Å²) in [6.45, 7) is 3.46. The van der Waals surface area contributed by atoms with Gasteiger partial charge in [-0.15, -0.1) is 0 Å². The van der Waals surface area contributed by atoms with Crippen LogP contribution in [-0.2, 0) is 19.1 Å². The van der Waals surface area contributed by atoms with Gasteiger partial charge in [-0.2, -0.15) is 0 Å². The molecule has 1 aromatic carbocycles. The van der Waals surface area contributed by atoms with Crippen LogP contribution in [0.1, 0.15) is 50.6 Å². The van der Waals surface area contributed by atoms with E-state index in [2.05, 4.69) is 0 Å². The van der Waals surface area contributed by atoms with Crippen molar-refractivity contribution in [2.45, 2.75) is 51.1 Å². The molecule has 1 heterocycles. The van der Waals surface area contributed by atoms with Crippen molar-refractivity contribution in [3.8, 4) is 0 Å². The van der Waals surface area contributed by atoms with Gasteiger partial charge in [0, 0.05) is 41.3 Å². The van der Waals surface area contributed by atoms with Gasteiger partial charge in [-0.05, 0) is 50.7 Å². The van der Waals surface area contributed by atoms with Gasteiger partial charge < -0.3 is 14.4 Å². The summed E-state index contributed by atoms with van der Waals surface area (Å²) in [6.07, 6.45) is 3.93. The first-order chi connectivity index (χ1) is 13.0. The highest BCUT2D eigenvalue weighted by Gasteiger charge is 2.42. The highest BCUT2D eigenvalue weighted by atomic mass is 35.5. The molecule has 148 valence electrons.